The van der Waals surface area contributed by atoms with Crippen molar-refractivity contribution in [3.05, 3.63) is 29.3 Å². The second-order valence-corrected chi connectivity index (χ2v) is 7.30. The van der Waals surface area contributed by atoms with Crippen LogP contribution in [0.2, 0.25) is 0 Å². The van der Waals surface area contributed by atoms with Gasteiger partial charge in [-0.15, -0.1) is 0 Å². The third-order valence-corrected chi connectivity index (χ3v) is 5.17. The highest BCUT2D eigenvalue weighted by Crippen LogP contribution is 2.44. The first kappa shape index (κ1) is 16.2. The summed E-state index contributed by atoms with van der Waals surface area (Å²) in [6, 6.07) is 5.02. The van der Waals surface area contributed by atoms with E-state index in [9.17, 15) is 8.42 Å². The van der Waals surface area contributed by atoms with Gasteiger partial charge in [0.1, 0.15) is 5.75 Å². The molecule has 6 nitrogen and oxygen atoms in total. The van der Waals surface area contributed by atoms with Gasteiger partial charge in [-0.2, -0.15) is 12.7 Å². The van der Waals surface area contributed by atoms with E-state index in [2.05, 4.69) is 0 Å². The average molecular weight is 315 g/mol. The number of fused-ring (bicyclic) bond motifs is 1. The molecule has 0 saturated heterocycles. The van der Waals surface area contributed by atoms with E-state index >= 15 is 0 Å². The molecule has 2 unspecified atom stereocenters. The summed E-state index contributed by atoms with van der Waals surface area (Å²) in [5.74, 6) is 0.734. The Morgan fingerprint density at radius 2 is 2.05 bits per heavy atom. The van der Waals surface area contributed by atoms with E-state index in [4.69, 9.17) is 14.0 Å². The summed E-state index contributed by atoms with van der Waals surface area (Å²) in [6.07, 6.45) is -0.377. The zero-order chi connectivity index (χ0) is 16.0. The van der Waals surface area contributed by atoms with Gasteiger partial charge in [-0.1, -0.05) is 6.07 Å². The predicted octanol–water partition coefficient (Wildman–Crippen LogP) is 2.12. The van der Waals surface area contributed by atoms with Gasteiger partial charge in [0.2, 0.25) is 6.29 Å². The predicted molar refractivity (Wildman–Crippen MR) is 78.6 cm³/mol. The summed E-state index contributed by atoms with van der Waals surface area (Å²) >= 11 is 0. The van der Waals surface area contributed by atoms with E-state index in [0.29, 0.717) is 0 Å². The van der Waals surface area contributed by atoms with E-state index in [1.807, 2.05) is 19.9 Å². The summed E-state index contributed by atoms with van der Waals surface area (Å²) in [6.45, 7) is 5.73. The van der Waals surface area contributed by atoms with E-state index in [-0.39, 0.29) is 11.7 Å². The molecule has 0 amide bonds. The molecular weight excluding hydrogens is 294 g/mol. The van der Waals surface area contributed by atoms with Crippen LogP contribution in [-0.4, -0.2) is 37.7 Å². The standard InChI is InChI=1S/C14H21NO5S/c1-9(15(4)21(16,17)18)10-6-7-12-11(8-10)14(2,3)13(19-5)20-12/h6-9,13H,1-5H3,(H,16,17,18). The van der Waals surface area contributed by atoms with E-state index < -0.39 is 16.3 Å². The van der Waals surface area contributed by atoms with Crippen molar-refractivity contribution < 1.29 is 22.4 Å². The Bertz CT molecular complexity index is 641. The van der Waals surface area contributed by atoms with E-state index in [1.54, 1.807) is 26.2 Å². The summed E-state index contributed by atoms with van der Waals surface area (Å²) in [5.41, 5.74) is 1.40. The number of methoxy groups -OCH3 is 1. The lowest BCUT2D eigenvalue weighted by atomic mass is 9.84. The van der Waals surface area contributed by atoms with Crippen LogP contribution in [0.15, 0.2) is 18.2 Å². The van der Waals surface area contributed by atoms with Gasteiger partial charge in [-0.05, 0) is 38.5 Å². The summed E-state index contributed by atoms with van der Waals surface area (Å²) in [4.78, 5) is 0. The third kappa shape index (κ3) is 2.78. The van der Waals surface area contributed by atoms with E-state index in [1.165, 1.54) is 7.05 Å². The zero-order valence-electron chi connectivity index (χ0n) is 12.8. The third-order valence-electron chi connectivity index (χ3n) is 4.13. The fourth-order valence-electron chi connectivity index (χ4n) is 2.56. The van der Waals surface area contributed by atoms with Crippen molar-refractivity contribution in [3.63, 3.8) is 0 Å². The Morgan fingerprint density at radius 3 is 2.57 bits per heavy atom. The molecule has 21 heavy (non-hydrogen) atoms. The SMILES string of the molecule is COC1Oc2ccc(C(C)N(C)S(=O)(=O)O)cc2C1(C)C. The highest BCUT2D eigenvalue weighted by Gasteiger charge is 2.42. The van der Waals surface area contributed by atoms with Crippen LogP contribution in [0.25, 0.3) is 0 Å². The maximum atomic E-state index is 11.2. The van der Waals surface area contributed by atoms with Gasteiger partial charge in [0, 0.05) is 25.8 Å². The Hall–Kier alpha value is -1.15. The quantitative estimate of drug-likeness (QED) is 0.861. The van der Waals surface area contributed by atoms with Crippen LogP contribution in [0.3, 0.4) is 0 Å². The van der Waals surface area contributed by atoms with Gasteiger partial charge in [-0.25, -0.2) is 0 Å². The molecule has 7 heteroatoms. The number of benzene rings is 1. The normalized spacial score (nSPS) is 22.0. The van der Waals surface area contributed by atoms with Crippen molar-refractivity contribution >= 4 is 10.3 Å². The van der Waals surface area contributed by atoms with Crippen LogP contribution in [-0.2, 0) is 20.5 Å². The second kappa shape index (κ2) is 5.24. The summed E-state index contributed by atoms with van der Waals surface area (Å²) in [7, 11) is -1.30. The van der Waals surface area contributed by atoms with Crippen molar-refractivity contribution in [2.24, 2.45) is 0 Å². The van der Waals surface area contributed by atoms with Crippen molar-refractivity contribution in [3.8, 4) is 5.75 Å². The topological polar surface area (TPSA) is 76.1 Å². The zero-order valence-corrected chi connectivity index (χ0v) is 13.6. The maximum absolute atomic E-state index is 11.2. The highest BCUT2D eigenvalue weighted by molar-refractivity contribution is 7.83. The first-order chi connectivity index (χ1) is 9.59. The second-order valence-electron chi connectivity index (χ2n) is 5.83. The monoisotopic (exact) mass is 315 g/mol. The molecule has 0 aromatic heterocycles. The van der Waals surface area contributed by atoms with Crippen molar-refractivity contribution in [1.29, 1.82) is 0 Å². The number of nitrogens with zero attached hydrogens (tertiary/aromatic N) is 1. The fraction of sp³-hybridized carbons (Fsp3) is 0.571. The molecule has 1 N–H and O–H groups in total. The minimum Gasteiger partial charge on any atom is -0.464 e. The largest absolute Gasteiger partial charge is 0.464 e. The smallest absolute Gasteiger partial charge is 0.336 e. The molecular formula is C14H21NO5S. The summed E-state index contributed by atoms with van der Waals surface area (Å²) in [5, 5.41) is 0. The number of ether oxygens (including phenoxy) is 2. The van der Waals surface area contributed by atoms with Gasteiger partial charge in [0.25, 0.3) is 0 Å². The molecule has 0 aliphatic carbocycles. The fourth-order valence-corrected chi connectivity index (χ4v) is 3.08. The Balaban J connectivity index is 2.40. The molecule has 0 radical (unpaired) electrons. The molecule has 2 rings (SSSR count). The van der Waals surface area contributed by atoms with Crippen LogP contribution in [0.4, 0.5) is 0 Å². The molecule has 0 bridgehead atoms. The molecule has 118 valence electrons. The average Bonchev–Trinajstić information content (AvgIpc) is 2.66. The van der Waals surface area contributed by atoms with Gasteiger partial charge in [-0.3, -0.25) is 4.55 Å². The maximum Gasteiger partial charge on any atom is 0.336 e. The molecule has 1 aromatic carbocycles. The number of hydrogen-bond donors (Lipinski definition) is 1. The van der Waals surface area contributed by atoms with Crippen LogP contribution in [0.5, 0.6) is 5.75 Å². The van der Waals surface area contributed by atoms with E-state index in [0.717, 1.165) is 21.2 Å². The molecule has 1 aliphatic rings. The first-order valence-electron chi connectivity index (χ1n) is 6.63. The number of hydrogen-bond acceptors (Lipinski definition) is 4. The number of rotatable bonds is 4. The van der Waals surface area contributed by atoms with Gasteiger partial charge < -0.3 is 9.47 Å². The lowest BCUT2D eigenvalue weighted by molar-refractivity contribution is -0.0779. The van der Waals surface area contributed by atoms with Crippen molar-refractivity contribution in [1.82, 2.24) is 4.31 Å². The molecule has 1 aliphatic heterocycles. The lowest BCUT2D eigenvalue weighted by Crippen LogP contribution is -2.33. The van der Waals surface area contributed by atoms with Crippen LogP contribution < -0.4 is 4.74 Å². The van der Waals surface area contributed by atoms with Gasteiger partial charge in [0.15, 0.2) is 0 Å². The molecule has 2 atom stereocenters. The minimum atomic E-state index is -4.23. The molecule has 0 spiro atoms. The molecule has 0 fully saturated rings. The van der Waals surface area contributed by atoms with Crippen molar-refractivity contribution in [2.75, 3.05) is 14.2 Å². The van der Waals surface area contributed by atoms with Crippen LogP contribution in [0.1, 0.15) is 37.9 Å². The molecule has 0 saturated carbocycles. The van der Waals surface area contributed by atoms with Crippen molar-refractivity contribution in [2.45, 2.75) is 38.5 Å². The lowest BCUT2D eigenvalue weighted by Gasteiger charge is -2.25. The Labute approximate surface area is 125 Å². The summed E-state index contributed by atoms with van der Waals surface area (Å²) < 4.78 is 43.6. The van der Waals surface area contributed by atoms with Crippen LogP contribution >= 0.6 is 0 Å². The molecule has 1 aromatic rings. The Kier molecular flexibility index (Phi) is 4.05. The molecule has 1 heterocycles. The van der Waals surface area contributed by atoms with Gasteiger partial charge in [0.05, 0.1) is 5.41 Å². The minimum absolute atomic E-state index is 0.337. The first-order valence-corrected chi connectivity index (χ1v) is 8.03. The van der Waals surface area contributed by atoms with Gasteiger partial charge >= 0.3 is 10.3 Å². The highest BCUT2D eigenvalue weighted by atomic mass is 32.2. The van der Waals surface area contributed by atoms with Crippen LogP contribution in [0, 0.1) is 0 Å². The Morgan fingerprint density at radius 1 is 1.43 bits per heavy atom.